The average Bonchev–Trinajstić information content (AvgIpc) is 2.53. The summed E-state index contributed by atoms with van der Waals surface area (Å²) in [7, 11) is 0. The molecule has 0 aliphatic rings. The summed E-state index contributed by atoms with van der Waals surface area (Å²) in [5.74, 6) is 6.36. The summed E-state index contributed by atoms with van der Waals surface area (Å²) >= 11 is 0. The van der Waals surface area contributed by atoms with Crippen molar-refractivity contribution in [3.8, 4) is 5.75 Å². The highest BCUT2D eigenvalue weighted by molar-refractivity contribution is 5.84. The Labute approximate surface area is 115 Å². The molecule has 6 nitrogen and oxygen atoms in total. The highest BCUT2D eigenvalue weighted by Crippen LogP contribution is 2.23. The van der Waals surface area contributed by atoms with Crippen LogP contribution in [0.2, 0.25) is 0 Å². The van der Waals surface area contributed by atoms with Crippen LogP contribution >= 0.6 is 0 Å². The maximum Gasteiger partial charge on any atom is 0.237 e. The smallest absolute Gasteiger partial charge is 0.237 e. The van der Waals surface area contributed by atoms with E-state index in [-0.39, 0.29) is 0 Å². The van der Waals surface area contributed by atoms with Crippen molar-refractivity contribution in [3.05, 3.63) is 54.5 Å². The van der Waals surface area contributed by atoms with Crippen molar-refractivity contribution >= 4 is 16.9 Å². The highest BCUT2D eigenvalue weighted by Gasteiger charge is 2.04. The van der Waals surface area contributed by atoms with Crippen LogP contribution in [0.25, 0.3) is 10.9 Å². The van der Waals surface area contributed by atoms with Crippen LogP contribution in [0, 0.1) is 0 Å². The van der Waals surface area contributed by atoms with E-state index in [1.165, 1.54) is 0 Å². The second-order valence-electron chi connectivity index (χ2n) is 4.14. The van der Waals surface area contributed by atoms with E-state index in [0.29, 0.717) is 12.6 Å². The Morgan fingerprint density at radius 1 is 1.05 bits per heavy atom. The number of nitrogens with zero attached hydrogens (tertiary/aromatic N) is 3. The van der Waals surface area contributed by atoms with Gasteiger partial charge in [0.25, 0.3) is 0 Å². The number of hydrogen-bond donors (Lipinski definition) is 2. The van der Waals surface area contributed by atoms with Gasteiger partial charge in [-0.15, -0.1) is 0 Å². The minimum Gasteiger partial charge on any atom is -0.485 e. The molecule has 3 rings (SSSR count). The molecular formula is C14H13N5O. The summed E-state index contributed by atoms with van der Waals surface area (Å²) < 4.78 is 5.78. The van der Waals surface area contributed by atoms with Gasteiger partial charge in [0.1, 0.15) is 17.9 Å². The van der Waals surface area contributed by atoms with Gasteiger partial charge in [-0.2, -0.15) is 0 Å². The molecule has 0 spiro atoms. The predicted molar refractivity (Wildman–Crippen MR) is 75.9 cm³/mol. The topological polar surface area (TPSA) is 86.0 Å². The first-order valence-corrected chi connectivity index (χ1v) is 6.12. The van der Waals surface area contributed by atoms with E-state index in [1.807, 2.05) is 30.3 Å². The van der Waals surface area contributed by atoms with Crippen LogP contribution in [0.3, 0.4) is 0 Å². The van der Waals surface area contributed by atoms with E-state index in [2.05, 4.69) is 20.4 Å². The van der Waals surface area contributed by atoms with E-state index in [0.717, 1.165) is 22.3 Å². The van der Waals surface area contributed by atoms with Gasteiger partial charge < -0.3 is 4.74 Å². The van der Waals surface area contributed by atoms with Crippen LogP contribution in [0.1, 0.15) is 5.69 Å². The van der Waals surface area contributed by atoms with E-state index in [4.69, 9.17) is 10.6 Å². The molecule has 0 amide bonds. The summed E-state index contributed by atoms with van der Waals surface area (Å²) in [6.45, 7) is 0.326. The van der Waals surface area contributed by atoms with Crippen molar-refractivity contribution in [2.24, 2.45) is 5.84 Å². The van der Waals surface area contributed by atoms with E-state index >= 15 is 0 Å². The third-order valence-electron chi connectivity index (χ3n) is 2.81. The lowest BCUT2D eigenvalue weighted by molar-refractivity contribution is 0.304. The summed E-state index contributed by atoms with van der Waals surface area (Å²) in [5.41, 5.74) is 3.98. The van der Waals surface area contributed by atoms with Gasteiger partial charge >= 0.3 is 0 Å². The van der Waals surface area contributed by atoms with Gasteiger partial charge in [-0.1, -0.05) is 18.2 Å². The molecule has 0 aliphatic heterocycles. The maximum atomic E-state index is 5.78. The van der Waals surface area contributed by atoms with Crippen molar-refractivity contribution in [2.75, 3.05) is 5.43 Å². The molecule has 6 heteroatoms. The van der Waals surface area contributed by atoms with Crippen molar-refractivity contribution in [2.45, 2.75) is 6.61 Å². The fourth-order valence-electron chi connectivity index (χ4n) is 1.89. The lowest BCUT2D eigenvalue weighted by Crippen LogP contribution is -2.11. The minimum atomic E-state index is 0.326. The second kappa shape index (κ2) is 5.50. The Kier molecular flexibility index (Phi) is 3.38. The minimum absolute atomic E-state index is 0.326. The first-order chi connectivity index (χ1) is 9.86. The largest absolute Gasteiger partial charge is 0.485 e. The number of fused-ring (bicyclic) bond motifs is 1. The Bertz CT molecular complexity index is 726. The molecule has 100 valence electrons. The summed E-state index contributed by atoms with van der Waals surface area (Å²) in [6, 6.07) is 11.5. The normalized spacial score (nSPS) is 10.4. The third kappa shape index (κ3) is 2.50. The third-order valence-corrected chi connectivity index (χ3v) is 2.81. The van der Waals surface area contributed by atoms with Gasteiger partial charge in [-0.25, -0.2) is 15.8 Å². The number of aromatic nitrogens is 3. The van der Waals surface area contributed by atoms with Crippen LogP contribution in [0.5, 0.6) is 5.75 Å². The maximum absolute atomic E-state index is 5.78. The van der Waals surface area contributed by atoms with Gasteiger partial charge in [0.05, 0.1) is 5.69 Å². The van der Waals surface area contributed by atoms with E-state index in [1.54, 1.807) is 18.5 Å². The number of rotatable bonds is 4. The van der Waals surface area contributed by atoms with Gasteiger partial charge in [0, 0.05) is 17.8 Å². The quantitative estimate of drug-likeness (QED) is 0.554. The van der Waals surface area contributed by atoms with Gasteiger partial charge in [0.15, 0.2) is 0 Å². The van der Waals surface area contributed by atoms with Gasteiger partial charge in [-0.3, -0.25) is 10.4 Å². The molecule has 3 N–H and O–H groups in total. The van der Waals surface area contributed by atoms with Crippen molar-refractivity contribution < 1.29 is 4.74 Å². The zero-order chi connectivity index (χ0) is 13.8. The van der Waals surface area contributed by atoms with Gasteiger partial charge in [0.2, 0.25) is 5.95 Å². The lowest BCUT2D eigenvalue weighted by Gasteiger charge is -2.08. The molecule has 0 saturated carbocycles. The molecule has 1 aromatic carbocycles. The van der Waals surface area contributed by atoms with Crippen LogP contribution in [0.15, 0.2) is 48.8 Å². The van der Waals surface area contributed by atoms with E-state index < -0.39 is 0 Å². The Morgan fingerprint density at radius 2 is 1.95 bits per heavy atom. The van der Waals surface area contributed by atoms with Crippen LogP contribution in [-0.4, -0.2) is 15.0 Å². The van der Waals surface area contributed by atoms with Crippen molar-refractivity contribution in [3.63, 3.8) is 0 Å². The van der Waals surface area contributed by atoms with E-state index in [9.17, 15) is 0 Å². The zero-order valence-electron chi connectivity index (χ0n) is 10.7. The summed E-state index contributed by atoms with van der Waals surface area (Å²) in [6.07, 6.45) is 3.37. The number of anilines is 1. The molecule has 2 aromatic heterocycles. The first kappa shape index (κ1) is 12.3. The molecule has 0 bridgehead atoms. The van der Waals surface area contributed by atoms with Gasteiger partial charge in [-0.05, 0) is 18.2 Å². The zero-order valence-corrected chi connectivity index (χ0v) is 10.7. The number of hydrogen-bond acceptors (Lipinski definition) is 6. The summed E-state index contributed by atoms with van der Waals surface area (Å²) in [4.78, 5) is 12.5. The van der Waals surface area contributed by atoms with Crippen molar-refractivity contribution in [1.82, 2.24) is 15.0 Å². The van der Waals surface area contributed by atoms with Crippen molar-refractivity contribution in [1.29, 1.82) is 0 Å². The number of para-hydroxylation sites is 1. The standard InChI is InChI=1S/C14H13N5O/c15-19-14-17-8-6-11(18-14)9-20-12-5-1-3-10-4-2-7-16-13(10)12/h1-8H,9,15H2,(H,17,18,19). The number of nitrogen functional groups attached to an aromatic ring is 1. The second-order valence-corrected chi connectivity index (χ2v) is 4.14. The molecular weight excluding hydrogens is 254 g/mol. The highest BCUT2D eigenvalue weighted by atomic mass is 16.5. The predicted octanol–water partition coefficient (Wildman–Crippen LogP) is 1.89. The number of pyridine rings is 1. The molecule has 2 heterocycles. The fraction of sp³-hybridized carbons (Fsp3) is 0.0714. The monoisotopic (exact) mass is 267 g/mol. The number of hydrazine groups is 1. The molecule has 0 fully saturated rings. The fourth-order valence-corrected chi connectivity index (χ4v) is 1.89. The van der Waals surface area contributed by atoms with Crippen LogP contribution in [0.4, 0.5) is 5.95 Å². The molecule has 0 saturated heterocycles. The Hall–Kier alpha value is -2.73. The SMILES string of the molecule is NNc1nccc(COc2cccc3cccnc23)n1. The molecule has 0 unspecified atom stereocenters. The number of ether oxygens (including phenoxy) is 1. The Morgan fingerprint density at radius 3 is 2.85 bits per heavy atom. The first-order valence-electron chi connectivity index (χ1n) is 6.12. The molecule has 0 aliphatic carbocycles. The molecule has 20 heavy (non-hydrogen) atoms. The Balaban J connectivity index is 1.83. The number of benzene rings is 1. The lowest BCUT2D eigenvalue weighted by atomic mass is 10.2. The molecule has 0 atom stereocenters. The van der Waals surface area contributed by atoms with Crippen LogP contribution in [-0.2, 0) is 6.61 Å². The molecule has 3 aromatic rings. The average molecular weight is 267 g/mol. The number of nitrogens with two attached hydrogens (primary N) is 1. The summed E-state index contributed by atoms with van der Waals surface area (Å²) in [5, 5.41) is 1.04. The molecule has 0 radical (unpaired) electrons. The van der Waals surface area contributed by atoms with Crippen LogP contribution < -0.4 is 16.0 Å². The number of nitrogens with one attached hydrogen (secondary N) is 1.